The number of benzene rings is 1. The first-order chi connectivity index (χ1) is 12.3. The van der Waals surface area contributed by atoms with Crippen molar-refractivity contribution in [2.75, 3.05) is 29.9 Å². The molecule has 0 radical (unpaired) electrons. The van der Waals surface area contributed by atoms with Gasteiger partial charge in [-0.05, 0) is 30.5 Å². The normalized spacial score (nSPS) is 17.1. The lowest BCUT2D eigenvalue weighted by molar-refractivity contribution is -0.118. The van der Waals surface area contributed by atoms with Gasteiger partial charge in [-0.1, -0.05) is 18.2 Å². The smallest absolute Gasteiger partial charge is 0.152 e. The van der Waals surface area contributed by atoms with Gasteiger partial charge in [0.15, 0.2) is 5.78 Å². The van der Waals surface area contributed by atoms with Crippen LogP contribution in [0.1, 0.15) is 12.8 Å². The number of fused-ring (bicyclic) bond motifs is 1. The molecule has 0 bridgehead atoms. The summed E-state index contributed by atoms with van der Waals surface area (Å²) in [5, 5.41) is 4.24. The minimum atomic E-state index is 0.255. The molecule has 0 amide bonds. The average Bonchev–Trinajstić information content (AvgIpc) is 3.30. The lowest BCUT2D eigenvalue weighted by Gasteiger charge is -2.18. The monoisotopic (exact) mass is 335 g/mol. The van der Waals surface area contributed by atoms with E-state index in [9.17, 15) is 4.79 Å². The fourth-order valence-electron chi connectivity index (χ4n) is 3.45. The maximum atomic E-state index is 12.3. The second kappa shape index (κ2) is 6.93. The molecule has 4 rings (SSSR count). The van der Waals surface area contributed by atoms with E-state index in [0.29, 0.717) is 18.9 Å². The van der Waals surface area contributed by atoms with E-state index in [1.54, 1.807) is 6.33 Å². The lowest BCUT2D eigenvalue weighted by Crippen LogP contribution is -2.23. The Bertz CT molecular complexity index is 860. The molecule has 3 heterocycles. The predicted molar refractivity (Wildman–Crippen MR) is 98.8 cm³/mol. The lowest BCUT2D eigenvalue weighted by atomic mass is 10.0. The van der Waals surface area contributed by atoms with E-state index in [2.05, 4.69) is 25.2 Å². The summed E-state index contributed by atoms with van der Waals surface area (Å²) in [6.45, 7) is 2.19. The molecule has 0 unspecified atom stereocenters. The number of rotatable bonds is 6. The van der Waals surface area contributed by atoms with Crippen molar-refractivity contribution < 1.29 is 4.79 Å². The van der Waals surface area contributed by atoms with E-state index in [4.69, 9.17) is 0 Å². The van der Waals surface area contributed by atoms with Gasteiger partial charge in [0.25, 0.3) is 0 Å². The number of carbonyl (C=O) groups excluding carboxylic acids is 1. The van der Waals surface area contributed by atoms with Crippen molar-refractivity contribution in [2.24, 2.45) is 5.92 Å². The summed E-state index contributed by atoms with van der Waals surface area (Å²) in [7, 11) is 0. The maximum absolute atomic E-state index is 12.3. The largest absolute Gasteiger partial charge is 0.378 e. The van der Waals surface area contributed by atoms with E-state index in [1.807, 2.05) is 42.6 Å². The maximum Gasteiger partial charge on any atom is 0.152 e. The highest BCUT2D eigenvalue weighted by Crippen LogP contribution is 2.28. The number of aromatic amines is 1. The Morgan fingerprint density at radius 1 is 1.24 bits per heavy atom. The van der Waals surface area contributed by atoms with E-state index < -0.39 is 0 Å². The third-order valence-corrected chi connectivity index (χ3v) is 4.70. The third-order valence-electron chi connectivity index (χ3n) is 4.70. The van der Waals surface area contributed by atoms with Gasteiger partial charge < -0.3 is 15.2 Å². The fraction of sp³-hybridized carbons (Fsp3) is 0.316. The van der Waals surface area contributed by atoms with E-state index in [0.717, 1.165) is 42.0 Å². The molecule has 1 aromatic carbocycles. The molecule has 3 aromatic rings. The van der Waals surface area contributed by atoms with Crippen molar-refractivity contribution in [3.8, 4) is 0 Å². The highest BCUT2D eigenvalue weighted by molar-refractivity contribution is 5.87. The number of ketones is 1. The van der Waals surface area contributed by atoms with Crippen LogP contribution < -0.4 is 10.2 Å². The molecule has 1 fully saturated rings. The second-order valence-corrected chi connectivity index (χ2v) is 6.50. The number of H-pyrrole nitrogens is 1. The molecule has 1 saturated heterocycles. The van der Waals surface area contributed by atoms with Crippen LogP contribution in [-0.4, -0.2) is 40.4 Å². The van der Waals surface area contributed by atoms with Crippen LogP contribution in [0, 0.1) is 5.92 Å². The zero-order chi connectivity index (χ0) is 17.1. The van der Waals surface area contributed by atoms with E-state index >= 15 is 0 Å². The standard InChI is InChI=1S/C19H21N5O/c25-16(11-21-15-4-2-1-3-5-15)10-14-7-9-24(12-14)19-17-6-8-20-18(17)22-13-23-19/h1-6,8,13-14,21H,7,9-12H2,(H,20,22,23)/t14-/m0/s1. The van der Waals surface area contributed by atoms with Crippen LogP contribution in [0.15, 0.2) is 48.9 Å². The molecular weight excluding hydrogens is 314 g/mol. The van der Waals surface area contributed by atoms with Gasteiger partial charge in [0.05, 0.1) is 11.9 Å². The van der Waals surface area contributed by atoms with Gasteiger partial charge in [0.2, 0.25) is 0 Å². The van der Waals surface area contributed by atoms with Crippen molar-refractivity contribution in [1.82, 2.24) is 15.0 Å². The van der Waals surface area contributed by atoms with Gasteiger partial charge in [-0.15, -0.1) is 0 Å². The van der Waals surface area contributed by atoms with Gasteiger partial charge >= 0.3 is 0 Å². The SMILES string of the molecule is O=C(CNc1ccccc1)C[C@@H]1CCN(c2ncnc3[nH]ccc23)C1. The minimum Gasteiger partial charge on any atom is -0.378 e. The molecule has 2 aromatic heterocycles. The Kier molecular flexibility index (Phi) is 4.33. The Morgan fingerprint density at radius 3 is 3.00 bits per heavy atom. The summed E-state index contributed by atoms with van der Waals surface area (Å²) in [5.74, 6) is 1.60. The predicted octanol–water partition coefficient (Wildman–Crippen LogP) is 2.86. The first-order valence-corrected chi connectivity index (χ1v) is 8.63. The summed E-state index contributed by atoms with van der Waals surface area (Å²) in [6, 6.07) is 11.8. The summed E-state index contributed by atoms with van der Waals surface area (Å²) < 4.78 is 0. The molecule has 6 nitrogen and oxygen atoms in total. The number of nitrogens with zero attached hydrogens (tertiary/aromatic N) is 3. The number of hydrogen-bond donors (Lipinski definition) is 2. The molecule has 2 N–H and O–H groups in total. The molecule has 128 valence electrons. The fourth-order valence-corrected chi connectivity index (χ4v) is 3.45. The average molecular weight is 335 g/mol. The van der Waals surface area contributed by atoms with Crippen LogP contribution in [0.3, 0.4) is 0 Å². The number of carbonyl (C=O) groups is 1. The Balaban J connectivity index is 1.33. The topological polar surface area (TPSA) is 73.9 Å². The summed E-state index contributed by atoms with van der Waals surface area (Å²) >= 11 is 0. The first-order valence-electron chi connectivity index (χ1n) is 8.63. The number of para-hydroxylation sites is 1. The number of aromatic nitrogens is 3. The number of hydrogen-bond acceptors (Lipinski definition) is 5. The van der Waals surface area contributed by atoms with Gasteiger partial charge in [-0.25, -0.2) is 9.97 Å². The molecule has 6 heteroatoms. The zero-order valence-corrected chi connectivity index (χ0v) is 14.0. The molecule has 0 aliphatic carbocycles. The summed E-state index contributed by atoms with van der Waals surface area (Å²) in [4.78, 5) is 26.3. The Labute approximate surface area is 146 Å². The van der Waals surface area contributed by atoms with Crippen molar-refractivity contribution in [2.45, 2.75) is 12.8 Å². The van der Waals surface area contributed by atoms with Crippen molar-refractivity contribution in [3.63, 3.8) is 0 Å². The van der Waals surface area contributed by atoms with Crippen LogP contribution >= 0.6 is 0 Å². The highest BCUT2D eigenvalue weighted by atomic mass is 16.1. The van der Waals surface area contributed by atoms with Crippen LogP contribution in [-0.2, 0) is 4.79 Å². The number of Topliss-reactive ketones (excluding diaryl/α,β-unsaturated/α-hetero) is 1. The number of anilines is 2. The highest BCUT2D eigenvalue weighted by Gasteiger charge is 2.26. The van der Waals surface area contributed by atoms with Crippen LogP contribution in [0.2, 0.25) is 0 Å². The molecular formula is C19H21N5O. The Hall–Kier alpha value is -2.89. The second-order valence-electron chi connectivity index (χ2n) is 6.50. The van der Waals surface area contributed by atoms with E-state index in [-0.39, 0.29) is 5.78 Å². The van der Waals surface area contributed by atoms with Crippen molar-refractivity contribution in [3.05, 3.63) is 48.9 Å². The molecule has 1 aliphatic heterocycles. The summed E-state index contributed by atoms with van der Waals surface area (Å²) in [5.41, 5.74) is 1.84. The van der Waals surface area contributed by atoms with Gasteiger partial charge in [-0.3, -0.25) is 4.79 Å². The van der Waals surface area contributed by atoms with Gasteiger partial charge in [-0.2, -0.15) is 0 Å². The summed E-state index contributed by atoms with van der Waals surface area (Å²) in [6.07, 6.45) is 5.11. The van der Waals surface area contributed by atoms with Crippen LogP contribution in [0.4, 0.5) is 11.5 Å². The third kappa shape index (κ3) is 3.47. The minimum absolute atomic E-state index is 0.255. The van der Waals surface area contributed by atoms with E-state index in [1.165, 1.54) is 0 Å². The molecule has 0 saturated carbocycles. The molecule has 1 aliphatic rings. The van der Waals surface area contributed by atoms with Crippen molar-refractivity contribution >= 4 is 28.3 Å². The molecule has 25 heavy (non-hydrogen) atoms. The van der Waals surface area contributed by atoms with Crippen LogP contribution in [0.5, 0.6) is 0 Å². The Morgan fingerprint density at radius 2 is 2.12 bits per heavy atom. The zero-order valence-electron chi connectivity index (χ0n) is 14.0. The first kappa shape index (κ1) is 15.6. The molecule has 1 atom stereocenters. The quantitative estimate of drug-likeness (QED) is 0.724. The number of nitrogens with one attached hydrogen (secondary N) is 2. The molecule has 0 spiro atoms. The van der Waals surface area contributed by atoms with Gasteiger partial charge in [0.1, 0.15) is 17.8 Å². The van der Waals surface area contributed by atoms with Crippen molar-refractivity contribution in [1.29, 1.82) is 0 Å². The van der Waals surface area contributed by atoms with Gasteiger partial charge in [0, 0.05) is 31.4 Å². The van der Waals surface area contributed by atoms with Crippen LogP contribution in [0.25, 0.3) is 11.0 Å².